The lowest BCUT2D eigenvalue weighted by Gasteiger charge is -2.30. The van der Waals surface area contributed by atoms with E-state index in [9.17, 15) is 9.59 Å². The molecule has 12 nitrogen and oxygen atoms in total. The highest BCUT2D eigenvalue weighted by atomic mass is 16.5. The van der Waals surface area contributed by atoms with Gasteiger partial charge in [-0.05, 0) is 37.1 Å². The minimum absolute atomic E-state index is 0.0629. The zero-order valence-electron chi connectivity index (χ0n) is 20.4. The average molecular weight is 495 g/mol. The van der Waals surface area contributed by atoms with Crippen LogP contribution in [0.25, 0.3) is 22.5 Å². The van der Waals surface area contributed by atoms with Crippen molar-refractivity contribution in [1.82, 2.24) is 30.7 Å². The summed E-state index contributed by atoms with van der Waals surface area (Å²) in [5.41, 5.74) is 3.56. The Morgan fingerprint density at radius 3 is 2.36 bits per heavy atom. The van der Waals surface area contributed by atoms with Gasteiger partial charge in [-0.25, -0.2) is 19.6 Å². The van der Waals surface area contributed by atoms with E-state index in [1.807, 2.05) is 29.2 Å². The van der Waals surface area contributed by atoms with Crippen molar-refractivity contribution < 1.29 is 18.8 Å². The third kappa shape index (κ3) is 4.76. The fraction of sp³-hybridized carbons (Fsp3) is 0.458. The monoisotopic (exact) mass is 494 g/mol. The number of fused-ring (bicyclic) bond motifs is 1. The number of urea groups is 2. The number of aromatic nitrogens is 3. The lowest BCUT2D eigenvalue weighted by molar-refractivity contribution is 0.122. The molecule has 2 aliphatic heterocycles. The Labute approximate surface area is 208 Å². The maximum absolute atomic E-state index is 12.0. The molecule has 0 aliphatic carbocycles. The molecule has 2 fully saturated rings. The Morgan fingerprint density at radius 1 is 0.972 bits per heavy atom. The van der Waals surface area contributed by atoms with Crippen LogP contribution in [0.3, 0.4) is 0 Å². The summed E-state index contributed by atoms with van der Waals surface area (Å²) in [5.74, 6) is 1.39. The van der Waals surface area contributed by atoms with Crippen LogP contribution >= 0.6 is 0 Å². The molecular formula is C24H30N8O4. The SMILES string of the molecule is CNC(=O)Nc1ccc(-c2nc(N3CCOCC3)c3onc(C4CCN(C(=O)NC)CC4)c3n2)cc1. The summed E-state index contributed by atoms with van der Waals surface area (Å²) in [5, 5.41) is 12.4. The number of carbonyl (C=O) groups is 2. The molecule has 4 heterocycles. The quantitative estimate of drug-likeness (QED) is 0.503. The second-order valence-corrected chi connectivity index (χ2v) is 8.81. The Kier molecular flexibility index (Phi) is 6.85. The van der Waals surface area contributed by atoms with Crippen molar-refractivity contribution in [3.8, 4) is 11.4 Å². The van der Waals surface area contributed by atoms with Crippen LogP contribution in [-0.2, 0) is 4.74 Å². The van der Waals surface area contributed by atoms with Crippen LogP contribution in [0, 0.1) is 0 Å². The molecule has 190 valence electrons. The second kappa shape index (κ2) is 10.4. The normalized spacial score (nSPS) is 16.7. The number of rotatable bonds is 4. The fourth-order valence-corrected chi connectivity index (χ4v) is 4.63. The molecule has 3 N–H and O–H groups in total. The Morgan fingerprint density at radius 2 is 1.69 bits per heavy atom. The van der Waals surface area contributed by atoms with Crippen molar-refractivity contribution in [3.63, 3.8) is 0 Å². The average Bonchev–Trinajstić information content (AvgIpc) is 3.37. The van der Waals surface area contributed by atoms with Crippen LogP contribution in [0.5, 0.6) is 0 Å². The van der Waals surface area contributed by atoms with E-state index in [0.717, 1.165) is 24.1 Å². The topological polar surface area (TPSA) is 138 Å². The van der Waals surface area contributed by atoms with E-state index in [0.29, 0.717) is 67.8 Å². The van der Waals surface area contributed by atoms with Gasteiger partial charge in [-0.15, -0.1) is 0 Å². The van der Waals surface area contributed by atoms with Crippen molar-refractivity contribution in [3.05, 3.63) is 30.0 Å². The highest BCUT2D eigenvalue weighted by Crippen LogP contribution is 2.36. The van der Waals surface area contributed by atoms with Gasteiger partial charge in [0.2, 0.25) is 5.58 Å². The molecule has 36 heavy (non-hydrogen) atoms. The summed E-state index contributed by atoms with van der Waals surface area (Å²) in [4.78, 5) is 37.4. The molecule has 5 rings (SSSR count). The van der Waals surface area contributed by atoms with Gasteiger partial charge in [-0.3, -0.25) is 0 Å². The van der Waals surface area contributed by atoms with Gasteiger partial charge in [0, 0.05) is 57.4 Å². The highest BCUT2D eigenvalue weighted by Gasteiger charge is 2.30. The van der Waals surface area contributed by atoms with E-state index in [-0.39, 0.29) is 18.0 Å². The van der Waals surface area contributed by atoms with Gasteiger partial charge in [0.1, 0.15) is 11.2 Å². The summed E-state index contributed by atoms with van der Waals surface area (Å²) >= 11 is 0. The van der Waals surface area contributed by atoms with Gasteiger partial charge in [-0.1, -0.05) is 5.16 Å². The van der Waals surface area contributed by atoms with Crippen molar-refractivity contribution in [2.45, 2.75) is 18.8 Å². The largest absolute Gasteiger partial charge is 0.378 e. The molecule has 0 spiro atoms. The predicted molar refractivity (Wildman–Crippen MR) is 134 cm³/mol. The maximum Gasteiger partial charge on any atom is 0.318 e. The molecule has 2 saturated heterocycles. The Bertz CT molecular complexity index is 1230. The molecule has 1 aromatic carbocycles. The first-order chi connectivity index (χ1) is 17.6. The van der Waals surface area contributed by atoms with Crippen LogP contribution in [0.2, 0.25) is 0 Å². The number of likely N-dealkylation sites (tertiary alicyclic amines) is 1. The Balaban J connectivity index is 1.50. The van der Waals surface area contributed by atoms with Gasteiger partial charge >= 0.3 is 12.1 Å². The minimum Gasteiger partial charge on any atom is -0.378 e. The van der Waals surface area contributed by atoms with E-state index in [1.165, 1.54) is 0 Å². The van der Waals surface area contributed by atoms with E-state index in [4.69, 9.17) is 19.2 Å². The van der Waals surface area contributed by atoms with Gasteiger partial charge < -0.3 is 35.0 Å². The molecule has 12 heteroatoms. The smallest absolute Gasteiger partial charge is 0.318 e. The summed E-state index contributed by atoms with van der Waals surface area (Å²) < 4.78 is 11.4. The molecule has 0 atom stereocenters. The van der Waals surface area contributed by atoms with Crippen molar-refractivity contribution in [2.24, 2.45) is 0 Å². The summed E-state index contributed by atoms with van der Waals surface area (Å²) in [6, 6.07) is 7.04. The number of ether oxygens (including phenoxy) is 1. The summed E-state index contributed by atoms with van der Waals surface area (Å²) in [6.07, 6.45) is 1.56. The van der Waals surface area contributed by atoms with Crippen LogP contribution in [-0.4, -0.2) is 85.6 Å². The highest BCUT2D eigenvalue weighted by molar-refractivity contribution is 5.90. The predicted octanol–water partition coefficient (Wildman–Crippen LogP) is 2.39. The van der Waals surface area contributed by atoms with E-state index in [2.05, 4.69) is 26.0 Å². The van der Waals surface area contributed by atoms with Gasteiger partial charge in [0.05, 0.1) is 13.2 Å². The molecule has 0 bridgehead atoms. The van der Waals surface area contributed by atoms with Gasteiger partial charge in [0.15, 0.2) is 11.6 Å². The molecule has 2 aromatic heterocycles. The zero-order chi connectivity index (χ0) is 25.1. The number of anilines is 2. The maximum atomic E-state index is 12.0. The van der Waals surface area contributed by atoms with Crippen LogP contribution in [0.15, 0.2) is 28.8 Å². The summed E-state index contributed by atoms with van der Waals surface area (Å²) in [6.45, 7) is 3.90. The van der Waals surface area contributed by atoms with E-state index in [1.54, 1.807) is 14.1 Å². The number of amides is 4. The molecule has 0 saturated carbocycles. The van der Waals surface area contributed by atoms with Crippen LogP contribution in [0.1, 0.15) is 24.5 Å². The van der Waals surface area contributed by atoms with Crippen LogP contribution in [0.4, 0.5) is 21.1 Å². The first-order valence-electron chi connectivity index (χ1n) is 12.1. The lowest BCUT2D eigenvalue weighted by Crippen LogP contribution is -2.42. The molecule has 3 aromatic rings. The lowest BCUT2D eigenvalue weighted by atomic mass is 9.93. The first-order valence-corrected chi connectivity index (χ1v) is 12.1. The molecule has 0 unspecified atom stereocenters. The third-order valence-corrected chi connectivity index (χ3v) is 6.65. The number of nitrogens with one attached hydrogen (secondary N) is 3. The number of piperidine rings is 1. The number of benzene rings is 1. The third-order valence-electron chi connectivity index (χ3n) is 6.65. The molecular weight excluding hydrogens is 464 g/mol. The van der Waals surface area contributed by atoms with Crippen molar-refractivity contribution in [1.29, 1.82) is 0 Å². The number of carbonyl (C=O) groups excluding carboxylic acids is 2. The molecule has 4 amide bonds. The van der Waals surface area contributed by atoms with Crippen LogP contribution < -0.4 is 20.9 Å². The second-order valence-electron chi connectivity index (χ2n) is 8.81. The number of nitrogens with zero attached hydrogens (tertiary/aromatic N) is 5. The number of hydrogen-bond acceptors (Lipinski definition) is 8. The summed E-state index contributed by atoms with van der Waals surface area (Å²) in [7, 11) is 3.21. The zero-order valence-corrected chi connectivity index (χ0v) is 20.4. The van der Waals surface area contributed by atoms with Gasteiger partial charge in [-0.2, -0.15) is 0 Å². The fourth-order valence-electron chi connectivity index (χ4n) is 4.63. The molecule has 2 aliphatic rings. The van der Waals surface area contributed by atoms with E-state index < -0.39 is 0 Å². The number of hydrogen-bond donors (Lipinski definition) is 3. The molecule has 0 radical (unpaired) electrons. The van der Waals surface area contributed by atoms with Crippen molar-refractivity contribution >= 4 is 34.7 Å². The van der Waals surface area contributed by atoms with Crippen molar-refractivity contribution in [2.75, 3.05) is 63.7 Å². The van der Waals surface area contributed by atoms with Gasteiger partial charge in [0.25, 0.3) is 0 Å². The first kappa shape index (κ1) is 23.8. The van der Waals surface area contributed by atoms with E-state index >= 15 is 0 Å². The standard InChI is InChI=1S/C24H30N8O4/c1-25-23(33)27-17-5-3-16(4-6-17)21-28-19-18(15-7-9-32(10-8-15)24(34)26-2)30-36-20(19)22(29-21)31-11-13-35-14-12-31/h3-6,15H,7-14H2,1-2H3,(H,26,34)(H2,25,27,33). The minimum atomic E-state index is -0.286. The number of morpholine rings is 1. The Hall–Kier alpha value is -3.93.